The molecule has 1 aliphatic rings. The van der Waals surface area contributed by atoms with Crippen molar-refractivity contribution in [3.63, 3.8) is 0 Å². The maximum Gasteiger partial charge on any atom is 0.397 e. The second kappa shape index (κ2) is 8.12. The zero-order chi connectivity index (χ0) is 22.2. The van der Waals surface area contributed by atoms with E-state index in [4.69, 9.17) is 16.7 Å². The fraction of sp³-hybridized carbons (Fsp3) is 0.125. The lowest BCUT2D eigenvalue weighted by atomic mass is 9.95. The van der Waals surface area contributed by atoms with Gasteiger partial charge in [0.1, 0.15) is 0 Å². The summed E-state index contributed by atoms with van der Waals surface area (Å²) in [5, 5.41) is 9.67. The monoisotopic (exact) mass is 443 g/mol. The number of carboxylic acids is 1. The molecule has 1 heterocycles. The summed E-state index contributed by atoms with van der Waals surface area (Å²) < 4.78 is 43.2. The number of carboxylic acid groups (broad SMARTS) is 1. The van der Waals surface area contributed by atoms with Gasteiger partial charge in [0.15, 0.2) is 0 Å². The van der Waals surface area contributed by atoms with Crippen LogP contribution in [0.5, 0.6) is 0 Å². The van der Waals surface area contributed by atoms with Crippen molar-refractivity contribution in [1.29, 1.82) is 0 Å². The number of hydrogen-bond acceptors (Lipinski definition) is 1. The highest BCUT2D eigenvalue weighted by atomic mass is 35.5. The van der Waals surface area contributed by atoms with Gasteiger partial charge in [-0.05, 0) is 60.0 Å². The molecule has 1 aliphatic carbocycles. The van der Waals surface area contributed by atoms with Crippen LogP contribution in [0.25, 0.3) is 28.2 Å². The second-order valence-electron chi connectivity index (χ2n) is 7.18. The van der Waals surface area contributed by atoms with Crippen molar-refractivity contribution < 1.29 is 23.1 Å². The number of aromatic nitrogens is 1. The summed E-state index contributed by atoms with van der Waals surface area (Å²) in [7, 11) is 0. The van der Waals surface area contributed by atoms with E-state index in [1.807, 2.05) is 0 Å². The number of carbonyl (C=O) groups is 1. The van der Waals surface area contributed by atoms with Crippen LogP contribution < -0.4 is 0 Å². The SMILES string of the molecule is O=C(O)c1ccc(-c2ccc(-c3ccc(Cl)cc3)n2C2=CC=CC[C@H]2C(F)(F)F)cc1. The third-order valence-corrected chi connectivity index (χ3v) is 5.49. The molecular formula is C24H17ClF3NO2. The molecular weight excluding hydrogens is 427 g/mol. The molecule has 0 aliphatic heterocycles. The molecule has 0 saturated carbocycles. The third kappa shape index (κ3) is 4.16. The highest BCUT2D eigenvalue weighted by molar-refractivity contribution is 6.30. The Morgan fingerprint density at radius 2 is 1.48 bits per heavy atom. The average Bonchev–Trinajstić information content (AvgIpc) is 3.18. The Bertz CT molecular complexity index is 1170. The van der Waals surface area contributed by atoms with Gasteiger partial charge in [0, 0.05) is 10.7 Å². The van der Waals surface area contributed by atoms with E-state index in [9.17, 15) is 18.0 Å². The van der Waals surface area contributed by atoms with Gasteiger partial charge in [0.25, 0.3) is 0 Å². The fourth-order valence-corrected chi connectivity index (χ4v) is 3.85. The van der Waals surface area contributed by atoms with Crippen molar-refractivity contribution in [2.75, 3.05) is 0 Å². The minimum atomic E-state index is -4.41. The minimum Gasteiger partial charge on any atom is -0.478 e. The summed E-state index contributed by atoms with van der Waals surface area (Å²) in [6, 6.07) is 16.5. The van der Waals surface area contributed by atoms with Crippen molar-refractivity contribution >= 4 is 23.3 Å². The zero-order valence-electron chi connectivity index (χ0n) is 16.1. The first-order valence-corrected chi connectivity index (χ1v) is 9.89. The van der Waals surface area contributed by atoms with E-state index in [-0.39, 0.29) is 17.7 Å². The zero-order valence-corrected chi connectivity index (χ0v) is 16.9. The molecule has 0 fully saturated rings. The van der Waals surface area contributed by atoms with Crippen LogP contribution in [0.3, 0.4) is 0 Å². The molecule has 4 rings (SSSR count). The van der Waals surface area contributed by atoms with E-state index in [1.165, 1.54) is 24.3 Å². The molecule has 1 aromatic heterocycles. The lowest BCUT2D eigenvalue weighted by molar-refractivity contribution is -0.158. The first-order valence-electron chi connectivity index (χ1n) is 9.51. The summed E-state index contributed by atoms with van der Waals surface area (Å²) in [4.78, 5) is 11.2. The van der Waals surface area contributed by atoms with Crippen molar-refractivity contribution in [1.82, 2.24) is 4.57 Å². The van der Waals surface area contributed by atoms with Crippen LogP contribution >= 0.6 is 11.6 Å². The van der Waals surface area contributed by atoms with Crippen molar-refractivity contribution in [2.24, 2.45) is 5.92 Å². The number of aromatic carboxylic acids is 1. The van der Waals surface area contributed by atoms with Gasteiger partial charge in [0.05, 0.1) is 22.9 Å². The number of hydrogen-bond donors (Lipinski definition) is 1. The van der Waals surface area contributed by atoms with Gasteiger partial charge < -0.3 is 9.67 Å². The standard InChI is InChI=1S/C24H17ClF3NO2/c25-18-11-9-16(10-12-18)21-14-13-20(15-5-7-17(8-6-15)23(30)31)29(21)22-4-2-1-3-19(22)24(26,27)28/h1-2,4-14,19H,3H2,(H,30,31)/t19-/m1/s1. The van der Waals surface area contributed by atoms with Gasteiger partial charge in [0.2, 0.25) is 0 Å². The predicted octanol–water partition coefficient (Wildman–Crippen LogP) is 7.15. The van der Waals surface area contributed by atoms with Crippen LogP contribution in [-0.4, -0.2) is 21.8 Å². The van der Waals surface area contributed by atoms with Gasteiger partial charge in [-0.25, -0.2) is 4.79 Å². The van der Waals surface area contributed by atoms with Crippen LogP contribution in [0.4, 0.5) is 13.2 Å². The summed E-state index contributed by atoms with van der Waals surface area (Å²) in [5.41, 5.74) is 2.67. The Morgan fingerprint density at radius 1 is 0.935 bits per heavy atom. The van der Waals surface area contributed by atoms with Crippen LogP contribution in [0, 0.1) is 5.92 Å². The largest absolute Gasteiger partial charge is 0.478 e. The molecule has 3 nitrogen and oxygen atoms in total. The van der Waals surface area contributed by atoms with Crippen LogP contribution in [0.1, 0.15) is 16.8 Å². The fourth-order valence-electron chi connectivity index (χ4n) is 3.72. The first-order chi connectivity index (χ1) is 14.8. The average molecular weight is 444 g/mol. The topological polar surface area (TPSA) is 42.2 Å². The highest BCUT2D eigenvalue weighted by Gasteiger charge is 2.43. The number of benzene rings is 2. The van der Waals surface area contributed by atoms with Gasteiger partial charge >= 0.3 is 12.1 Å². The molecule has 2 aromatic carbocycles. The van der Waals surface area contributed by atoms with E-state index in [2.05, 4.69) is 0 Å². The summed E-state index contributed by atoms with van der Waals surface area (Å²) >= 11 is 5.99. The Balaban J connectivity index is 1.92. The first kappa shape index (κ1) is 21.0. The molecule has 31 heavy (non-hydrogen) atoms. The molecule has 0 spiro atoms. The molecule has 0 bridgehead atoms. The highest BCUT2D eigenvalue weighted by Crippen LogP contribution is 2.43. The van der Waals surface area contributed by atoms with E-state index >= 15 is 0 Å². The van der Waals surface area contributed by atoms with Gasteiger partial charge in [-0.1, -0.05) is 48.0 Å². The van der Waals surface area contributed by atoms with Gasteiger partial charge in [-0.15, -0.1) is 0 Å². The quantitative estimate of drug-likeness (QED) is 0.465. The summed E-state index contributed by atoms with van der Waals surface area (Å²) in [6.45, 7) is 0. The molecule has 1 N–H and O–H groups in total. The number of halogens is 4. The lowest BCUT2D eigenvalue weighted by Crippen LogP contribution is -2.27. The van der Waals surface area contributed by atoms with Gasteiger partial charge in [-0.3, -0.25) is 0 Å². The molecule has 3 aromatic rings. The van der Waals surface area contributed by atoms with E-state index in [0.29, 0.717) is 27.5 Å². The molecule has 158 valence electrons. The molecule has 7 heteroatoms. The molecule has 0 amide bonds. The number of nitrogens with zero attached hydrogens (tertiary/aromatic N) is 1. The molecule has 0 saturated heterocycles. The lowest BCUT2D eigenvalue weighted by Gasteiger charge is -2.28. The number of allylic oxidation sites excluding steroid dienone is 4. The Morgan fingerprint density at radius 3 is 2.00 bits per heavy atom. The summed E-state index contributed by atoms with van der Waals surface area (Å²) in [6.07, 6.45) is 0.0543. The van der Waals surface area contributed by atoms with Crippen molar-refractivity contribution in [3.05, 3.63) is 89.5 Å². The maximum atomic E-state index is 13.9. The minimum absolute atomic E-state index is 0.104. The molecule has 0 unspecified atom stereocenters. The van der Waals surface area contributed by atoms with Crippen LogP contribution in [0.15, 0.2) is 78.9 Å². The Labute approximate surface area is 181 Å². The van der Waals surface area contributed by atoms with E-state index in [1.54, 1.807) is 59.2 Å². The second-order valence-corrected chi connectivity index (χ2v) is 7.61. The van der Waals surface area contributed by atoms with Crippen LogP contribution in [0.2, 0.25) is 5.02 Å². The molecule has 1 atom stereocenters. The summed E-state index contributed by atoms with van der Waals surface area (Å²) in [5.74, 6) is -2.73. The Hall–Kier alpha value is -3.25. The smallest absolute Gasteiger partial charge is 0.397 e. The van der Waals surface area contributed by atoms with Crippen molar-refractivity contribution in [2.45, 2.75) is 12.6 Å². The van der Waals surface area contributed by atoms with E-state index in [0.717, 1.165) is 0 Å². The third-order valence-electron chi connectivity index (χ3n) is 5.23. The Kier molecular flexibility index (Phi) is 5.50. The van der Waals surface area contributed by atoms with Crippen molar-refractivity contribution in [3.8, 4) is 22.5 Å². The maximum absolute atomic E-state index is 13.9. The predicted molar refractivity (Wildman–Crippen MR) is 115 cm³/mol. The normalized spacial score (nSPS) is 16.3. The van der Waals surface area contributed by atoms with Crippen LogP contribution in [-0.2, 0) is 0 Å². The number of rotatable bonds is 4. The van der Waals surface area contributed by atoms with Gasteiger partial charge in [-0.2, -0.15) is 13.2 Å². The van der Waals surface area contributed by atoms with E-state index < -0.39 is 18.1 Å². The molecule has 0 radical (unpaired) electrons. The number of alkyl halides is 3.